The van der Waals surface area contributed by atoms with Crippen LogP contribution in [0.1, 0.15) is 33.6 Å². The molecule has 0 fully saturated rings. The first-order chi connectivity index (χ1) is 8.06. The zero-order valence-electron chi connectivity index (χ0n) is 11.9. The van der Waals surface area contributed by atoms with E-state index in [1.165, 1.54) is 0 Å². The highest BCUT2D eigenvalue weighted by molar-refractivity contribution is 4.57. The predicted molar refractivity (Wildman–Crippen MR) is 70.5 cm³/mol. The van der Waals surface area contributed by atoms with Crippen LogP contribution in [0.3, 0.4) is 0 Å². The molecule has 0 heterocycles. The third-order valence-electron chi connectivity index (χ3n) is 2.14. The van der Waals surface area contributed by atoms with Crippen LogP contribution in [0.2, 0.25) is 0 Å². The Balaban J connectivity index is 2.99. The van der Waals surface area contributed by atoms with Crippen molar-refractivity contribution in [3.05, 3.63) is 0 Å². The topological polar surface area (TPSA) is 39.7 Å². The summed E-state index contributed by atoms with van der Waals surface area (Å²) in [6.07, 6.45) is 2.24. The van der Waals surface area contributed by atoms with Gasteiger partial charge in [-0.15, -0.1) is 0 Å². The Labute approximate surface area is 106 Å². The highest BCUT2D eigenvalue weighted by Crippen LogP contribution is 2.05. The molecule has 1 N–H and O–H groups in total. The Bertz CT molecular complexity index is 157. The van der Waals surface area contributed by atoms with Gasteiger partial charge in [-0.25, -0.2) is 0 Å². The molecule has 0 aromatic heterocycles. The van der Waals surface area contributed by atoms with E-state index in [9.17, 15) is 0 Å². The number of rotatable bonds is 11. The number of nitrogens with one attached hydrogen (secondary N) is 1. The summed E-state index contributed by atoms with van der Waals surface area (Å²) in [6, 6.07) is 0. The molecule has 0 amide bonds. The maximum Gasteiger partial charge on any atom is 0.0707 e. The quantitative estimate of drug-likeness (QED) is 0.566. The van der Waals surface area contributed by atoms with E-state index < -0.39 is 0 Å². The van der Waals surface area contributed by atoms with Crippen LogP contribution < -0.4 is 5.32 Å². The lowest BCUT2D eigenvalue weighted by Gasteiger charge is -2.19. The normalized spacial score (nSPS) is 12.0. The van der Waals surface area contributed by atoms with Gasteiger partial charge >= 0.3 is 0 Å². The van der Waals surface area contributed by atoms with Gasteiger partial charge in [-0.1, -0.05) is 0 Å². The molecule has 0 rings (SSSR count). The van der Waals surface area contributed by atoms with Crippen molar-refractivity contribution >= 4 is 0 Å². The Morgan fingerprint density at radius 3 is 2.29 bits per heavy atom. The summed E-state index contributed by atoms with van der Waals surface area (Å²) in [7, 11) is 1.72. The van der Waals surface area contributed by atoms with Crippen molar-refractivity contribution < 1.29 is 14.2 Å². The number of unbranched alkanes of at least 4 members (excludes halogenated alkanes) is 1. The van der Waals surface area contributed by atoms with Gasteiger partial charge in [0.05, 0.1) is 25.4 Å². The van der Waals surface area contributed by atoms with Gasteiger partial charge in [0.25, 0.3) is 0 Å². The van der Waals surface area contributed by atoms with Crippen molar-refractivity contribution in [3.63, 3.8) is 0 Å². The van der Waals surface area contributed by atoms with Crippen LogP contribution in [0.15, 0.2) is 0 Å². The van der Waals surface area contributed by atoms with Gasteiger partial charge in [-0.05, 0) is 40.2 Å². The molecule has 0 saturated carbocycles. The van der Waals surface area contributed by atoms with Crippen molar-refractivity contribution in [2.45, 2.75) is 39.2 Å². The lowest BCUT2D eigenvalue weighted by atomic mass is 10.2. The monoisotopic (exact) mass is 247 g/mol. The van der Waals surface area contributed by atoms with E-state index in [1.807, 2.05) is 0 Å². The molecule has 0 saturated heterocycles. The SMILES string of the molecule is COCCNCCCCOCCOC(C)(C)C. The number of hydrogen-bond acceptors (Lipinski definition) is 4. The molecule has 0 aliphatic carbocycles. The molecule has 104 valence electrons. The van der Waals surface area contributed by atoms with E-state index in [2.05, 4.69) is 26.1 Å². The van der Waals surface area contributed by atoms with Crippen LogP contribution in [0.5, 0.6) is 0 Å². The van der Waals surface area contributed by atoms with Gasteiger partial charge in [-0.2, -0.15) is 0 Å². The zero-order chi connectivity index (χ0) is 13.0. The lowest BCUT2D eigenvalue weighted by Crippen LogP contribution is -2.22. The Morgan fingerprint density at radius 1 is 0.882 bits per heavy atom. The third-order valence-corrected chi connectivity index (χ3v) is 2.14. The fraction of sp³-hybridized carbons (Fsp3) is 1.00. The Kier molecular flexibility index (Phi) is 10.9. The van der Waals surface area contributed by atoms with Gasteiger partial charge in [0.1, 0.15) is 0 Å². The molecule has 0 aromatic carbocycles. The summed E-state index contributed by atoms with van der Waals surface area (Å²) in [5, 5.41) is 3.30. The average Bonchev–Trinajstić information content (AvgIpc) is 2.24. The van der Waals surface area contributed by atoms with E-state index in [1.54, 1.807) is 7.11 Å². The van der Waals surface area contributed by atoms with E-state index in [-0.39, 0.29) is 5.60 Å². The smallest absolute Gasteiger partial charge is 0.0707 e. The van der Waals surface area contributed by atoms with Gasteiger partial charge in [-0.3, -0.25) is 0 Å². The average molecular weight is 247 g/mol. The van der Waals surface area contributed by atoms with Crippen molar-refractivity contribution in [3.8, 4) is 0 Å². The fourth-order valence-electron chi connectivity index (χ4n) is 1.26. The summed E-state index contributed by atoms with van der Waals surface area (Å²) >= 11 is 0. The summed E-state index contributed by atoms with van der Waals surface area (Å²) in [5.74, 6) is 0. The van der Waals surface area contributed by atoms with Crippen molar-refractivity contribution in [2.75, 3.05) is 46.6 Å². The van der Waals surface area contributed by atoms with Gasteiger partial charge in [0.15, 0.2) is 0 Å². The number of methoxy groups -OCH3 is 1. The first kappa shape index (κ1) is 16.8. The molecule has 0 radical (unpaired) electrons. The van der Waals surface area contributed by atoms with Gasteiger partial charge < -0.3 is 19.5 Å². The fourth-order valence-corrected chi connectivity index (χ4v) is 1.26. The minimum Gasteiger partial charge on any atom is -0.383 e. The zero-order valence-corrected chi connectivity index (χ0v) is 11.9. The molecular weight excluding hydrogens is 218 g/mol. The molecule has 0 spiro atoms. The van der Waals surface area contributed by atoms with E-state index >= 15 is 0 Å². The van der Waals surface area contributed by atoms with E-state index in [0.29, 0.717) is 13.2 Å². The van der Waals surface area contributed by atoms with E-state index in [4.69, 9.17) is 14.2 Å². The standard InChI is InChI=1S/C13H29NO3/c1-13(2,3)17-12-11-16-9-6-5-7-14-8-10-15-4/h14H,5-12H2,1-4H3. The molecule has 0 unspecified atom stereocenters. The lowest BCUT2D eigenvalue weighted by molar-refractivity contribution is -0.0351. The summed E-state index contributed by atoms with van der Waals surface area (Å²) in [6.45, 7) is 11.1. The van der Waals surface area contributed by atoms with Crippen LogP contribution in [0, 0.1) is 0 Å². The molecule has 17 heavy (non-hydrogen) atoms. The molecule has 0 atom stereocenters. The molecule has 0 aliphatic heterocycles. The van der Waals surface area contributed by atoms with Gasteiger partial charge in [0, 0.05) is 20.3 Å². The second kappa shape index (κ2) is 11.0. The van der Waals surface area contributed by atoms with E-state index in [0.717, 1.165) is 39.1 Å². The largest absolute Gasteiger partial charge is 0.383 e. The summed E-state index contributed by atoms with van der Waals surface area (Å²) in [4.78, 5) is 0. The van der Waals surface area contributed by atoms with Crippen LogP contribution in [0.25, 0.3) is 0 Å². The maximum absolute atomic E-state index is 5.55. The van der Waals surface area contributed by atoms with Crippen LogP contribution in [-0.4, -0.2) is 52.2 Å². The number of ether oxygens (including phenoxy) is 3. The second-order valence-electron chi connectivity index (χ2n) is 5.02. The van der Waals surface area contributed by atoms with Crippen LogP contribution >= 0.6 is 0 Å². The molecule has 4 heteroatoms. The van der Waals surface area contributed by atoms with Crippen molar-refractivity contribution in [1.82, 2.24) is 5.32 Å². The first-order valence-corrected chi connectivity index (χ1v) is 6.47. The Morgan fingerprint density at radius 2 is 1.65 bits per heavy atom. The van der Waals surface area contributed by atoms with Crippen molar-refractivity contribution in [1.29, 1.82) is 0 Å². The highest BCUT2D eigenvalue weighted by atomic mass is 16.5. The van der Waals surface area contributed by atoms with Crippen LogP contribution in [0.4, 0.5) is 0 Å². The van der Waals surface area contributed by atoms with Crippen molar-refractivity contribution in [2.24, 2.45) is 0 Å². The Hall–Kier alpha value is -0.160. The molecular formula is C13H29NO3. The number of hydrogen-bond donors (Lipinski definition) is 1. The first-order valence-electron chi connectivity index (χ1n) is 6.47. The second-order valence-corrected chi connectivity index (χ2v) is 5.02. The highest BCUT2D eigenvalue weighted by Gasteiger charge is 2.08. The minimum atomic E-state index is -0.0609. The molecule has 0 aromatic rings. The summed E-state index contributed by atoms with van der Waals surface area (Å²) in [5.41, 5.74) is -0.0609. The molecule has 0 aliphatic rings. The predicted octanol–water partition coefficient (Wildman–Crippen LogP) is 1.83. The van der Waals surface area contributed by atoms with Crippen LogP contribution in [-0.2, 0) is 14.2 Å². The molecule has 0 bridgehead atoms. The minimum absolute atomic E-state index is 0.0609. The van der Waals surface area contributed by atoms with Gasteiger partial charge in [0.2, 0.25) is 0 Å². The molecule has 4 nitrogen and oxygen atoms in total. The third kappa shape index (κ3) is 15.8. The maximum atomic E-state index is 5.55. The summed E-state index contributed by atoms with van der Waals surface area (Å²) < 4.78 is 16.0.